The number of amides is 1. The van der Waals surface area contributed by atoms with Gasteiger partial charge in [-0.2, -0.15) is 0 Å². The molecule has 0 unspecified atom stereocenters. The predicted molar refractivity (Wildman–Crippen MR) is 131 cm³/mol. The monoisotopic (exact) mass is 446 g/mol. The van der Waals surface area contributed by atoms with Crippen LogP contribution in [0.4, 0.5) is 0 Å². The van der Waals surface area contributed by atoms with Gasteiger partial charge in [0.25, 0.3) is 5.91 Å². The Labute approximate surface area is 196 Å². The van der Waals surface area contributed by atoms with Crippen LogP contribution in [0.2, 0.25) is 0 Å². The van der Waals surface area contributed by atoms with Crippen LogP contribution in [0.15, 0.2) is 41.1 Å². The van der Waals surface area contributed by atoms with E-state index in [2.05, 4.69) is 56.5 Å². The second kappa shape index (κ2) is 9.05. The lowest BCUT2D eigenvalue weighted by Crippen LogP contribution is -2.37. The standard InChI is InChI=1S/C28H34N2O3/c1-17-11-10-12-18(2)26(17)29-19(3)15-22(20(29)4)16-24-25(28(32)33-6)21(5)30(27(24)31)23-13-8-7-9-14-23/h10-12,15-16,23H,7-9,13-14H2,1-6H3/b24-16-. The smallest absolute Gasteiger partial charge is 0.340 e. The maximum Gasteiger partial charge on any atom is 0.340 e. The molecule has 33 heavy (non-hydrogen) atoms. The van der Waals surface area contributed by atoms with Crippen molar-refractivity contribution in [3.05, 3.63) is 69.2 Å². The first kappa shape index (κ1) is 23.1. The summed E-state index contributed by atoms with van der Waals surface area (Å²) in [7, 11) is 1.38. The Bertz CT molecular complexity index is 1160. The Balaban J connectivity index is 1.83. The number of ether oxygens (including phenoxy) is 1. The van der Waals surface area contributed by atoms with Crippen LogP contribution >= 0.6 is 0 Å². The molecular formula is C28H34N2O3. The van der Waals surface area contributed by atoms with Gasteiger partial charge < -0.3 is 14.2 Å². The molecule has 0 radical (unpaired) electrons. The van der Waals surface area contributed by atoms with Crippen LogP contribution in [0.25, 0.3) is 11.8 Å². The molecule has 5 heteroatoms. The molecule has 0 saturated heterocycles. The first-order valence-electron chi connectivity index (χ1n) is 11.9. The van der Waals surface area contributed by atoms with Crippen LogP contribution in [-0.2, 0) is 14.3 Å². The third kappa shape index (κ3) is 3.94. The highest BCUT2D eigenvalue weighted by Crippen LogP contribution is 2.37. The van der Waals surface area contributed by atoms with E-state index in [9.17, 15) is 9.59 Å². The minimum atomic E-state index is -0.450. The van der Waals surface area contributed by atoms with Gasteiger partial charge in [-0.15, -0.1) is 0 Å². The van der Waals surface area contributed by atoms with Crippen LogP contribution in [0, 0.1) is 27.7 Å². The minimum Gasteiger partial charge on any atom is -0.465 e. The van der Waals surface area contributed by atoms with E-state index in [1.807, 2.05) is 17.9 Å². The van der Waals surface area contributed by atoms with E-state index < -0.39 is 5.97 Å². The second-order valence-electron chi connectivity index (χ2n) is 9.38. The summed E-state index contributed by atoms with van der Waals surface area (Å²) in [5, 5.41) is 0. The molecule has 4 rings (SSSR count). The van der Waals surface area contributed by atoms with Crippen LogP contribution in [0.5, 0.6) is 0 Å². The van der Waals surface area contributed by atoms with Crippen molar-refractivity contribution in [3.8, 4) is 5.69 Å². The topological polar surface area (TPSA) is 51.5 Å². The van der Waals surface area contributed by atoms with Crippen molar-refractivity contribution in [1.29, 1.82) is 0 Å². The van der Waals surface area contributed by atoms with Gasteiger partial charge in [-0.3, -0.25) is 4.79 Å². The third-order valence-corrected chi connectivity index (χ3v) is 7.20. The van der Waals surface area contributed by atoms with Crippen molar-refractivity contribution in [1.82, 2.24) is 9.47 Å². The van der Waals surface area contributed by atoms with Gasteiger partial charge in [0, 0.05) is 23.1 Å². The molecule has 0 bridgehead atoms. The van der Waals surface area contributed by atoms with Crippen LogP contribution in [-0.4, -0.2) is 34.5 Å². The summed E-state index contributed by atoms with van der Waals surface area (Å²) in [4.78, 5) is 28.2. The van der Waals surface area contributed by atoms with Crippen molar-refractivity contribution in [2.75, 3.05) is 7.11 Å². The molecule has 1 aliphatic carbocycles. The van der Waals surface area contributed by atoms with Gasteiger partial charge in [0.05, 0.1) is 23.9 Å². The fourth-order valence-corrected chi connectivity index (χ4v) is 5.57. The summed E-state index contributed by atoms with van der Waals surface area (Å²) in [5.41, 5.74) is 8.18. The maximum absolute atomic E-state index is 13.6. The number of carbonyl (C=O) groups is 2. The molecule has 2 aromatic rings. The summed E-state index contributed by atoms with van der Waals surface area (Å²) in [6.07, 6.45) is 7.28. The van der Waals surface area contributed by atoms with Crippen molar-refractivity contribution in [2.45, 2.75) is 72.8 Å². The normalized spacial score (nSPS) is 18.5. The second-order valence-corrected chi connectivity index (χ2v) is 9.38. The number of hydrogen-bond acceptors (Lipinski definition) is 3. The minimum absolute atomic E-state index is 0.0864. The molecule has 5 nitrogen and oxygen atoms in total. The number of esters is 1. The first-order valence-corrected chi connectivity index (χ1v) is 11.9. The Morgan fingerprint density at radius 3 is 2.27 bits per heavy atom. The Morgan fingerprint density at radius 2 is 1.67 bits per heavy atom. The maximum atomic E-state index is 13.6. The summed E-state index contributed by atoms with van der Waals surface area (Å²) >= 11 is 0. The molecule has 2 aliphatic rings. The number of nitrogens with zero attached hydrogens (tertiary/aromatic N) is 2. The molecule has 1 aliphatic heterocycles. The number of aromatic nitrogens is 1. The summed E-state index contributed by atoms with van der Waals surface area (Å²) in [6, 6.07) is 8.54. The predicted octanol–water partition coefficient (Wildman–Crippen LogP) is 5.72. The van der Waals surface area contributed by atoms with Crippen molar-refractivity contribution < 1.29 is 14.3 Å². The number of allylic oxidation sites excluding steroid dienone is 1. The number of rotatable bonds is 4. The first-order chi connectivity index (χ1) is 15.8. The number of benzene rings is 1. The zero-order valence-corrected chi connectivity index (χ0v) is 20.6. The lowest BCUT2D eigenvalue weighted by molar-refractivity contribution is -0.136. The Hall–Kier alpha value is -3.08. The van der Waals surface area contributed by atoms with E-state index in [1.165, 1.54) is 30.3 Å². The van der Waals surface area contributed by atoms with Crippen LogP contribution in [0.1, 0.15) is 67.1 Å². The van der Waals surface area contributed by atoms with Gasteiger partial charge in [-0.05, 0) is 76.3 Å². The van der Waals surface area contributed by atoms with Gasteiger partial charge in [-0.25, -0.2) is 4.79 Å². The lowest BCUT2D eigenvalue weighted by atomic mass is 9.94. The Kier molecular flexibility index (Phi) is 6.33. The van der Waals surface area contributed by atoms with Crippen molar-refractivity contribution in [2.24, 2.45) is 0 Å². The Morgan fingerprint density at radius 1 is 1.03 bits per heavy atom. The highest BCUT2D eigenvalue weighted by Gasteiger charge is 2.40. The van der Waals surface area contributed by atoms with Crippen molar-refractivity contribution >= 4 is 18.0 Å². The molecule has 0 atom stereocenters. The number of hydrogen-bond donors (Lipinski definition) is 0. The van der Waals surface area contributed by atoms with E-state index in [0.717, 1.165) is 42.6 Å². The zero-order valence-electron chi connectivity index (χ0n) is 20.6. The SMILES string of the molecule is COC(=O)C1=C(C)N(C2CCCCC2)C(=O)/C1=C\c1cc(C)n(-c2c(C)cccc2C)c1C. The van der Waals surface area contributed by atoms with Gasteiger partial charge in [0.15, 0.2) is 0 Å². The van der Waals surface area contributed by atoms with E-state index in [4.69, 9.17) is 4.74 Å². The summed E-state index contributed by atoms with van der Waals surface area (Å²) < 4.78 is 7.33. The van der Waals surface area contributed by atoms with Crippen LogP contribution in [0.3, 0.4) is 0 Å². The highest BCUT2D eigenvalue weighted by molar-refractivity contribution is 6.16. The summed E-state index contributed by atoms with van der Waals surface area (Å²) in [5.74, 6) is -0.536. The molecular weight excluding hydrogens is 412 g/mol. The van der Waals surface area contributed by atoms with E-state index in [0.29, 0.717) is 16.8 Å². The molecule has 1 fully saturated rings. The molecule has 2 heterocycles. The third-order valence-electron chi connectivity index (χ3n) is 7.20. The fourth-order valence-electron chi connectivity index (χ4n) is 5.57. The van der Waals surface area contributed by atoms with E-state index >= 15 is 0 Å². The molecule has 1 amide bonds. The van der Waals surface area contributed by atoms with E-state index in [1.54, 1.807) is 0 Å². The highest BCUT2D eigenvalue weighted by atomic mass is 16.5. The largest absolute Gasteiger partial charge is 0.465 e. The zero-order chi connectivity index (χ0) is 23.9. The quantitative estimate of drug-likeness (QED) is 0.446. The molecule has 174 valence electrons. The van der Waals surface area contributed by atoms with Crippen molar-refractivity contribution in [3.63, 3.8) is 0 Å². The van der Waals surface area contributed by atoms with Gasteiger partial charge in [0.1, 0.15) is 0 Å². The lowest BCUT2D eigenvalue weighted by Gasteiger charge is -2.32. The average molecular weight is 447 g/mol. The fraction of sp³-hybridized carbons (Fsp3) is 0.429. The molecule has 1 saturated carbocycles. The van der Waals surface area contributed by atoms with Gasteiger partial charge in [0.2, 0.25) is 0 Å². The number of para-hydroxylation sites is 1. The molecule has 1 aromatic heterocycles. The van der Waals surface area contributed by atoms with Gasteiger partial charge >= 0.3 is 5.97 Å². The number of carbonyl (C=O) groups excluding carboxylic acids is 2. The molecule has 0 spiro atoms. The number of aryl methyl sites for hydroxylation is 3. The number of methoxy groups -OCH3 is 1. The molecule has 1 aromatic carbocycles. The molecule has 0 N–H and O–H groups in total. The van der Waals surface area contributed by atoms with Crippen LogP contribution < -0.4 is 0 Å². The average Bonchev–Trinajstić information content (AvgIpc) is 3.20. The summed E-state index contributed by atoms with van der Waals surface area (Å²) in [6.45, 7) is 10.2. The van der Waals surface area contributed by atoms with E-state index in [-0.39, 0.29) is 11.9 Å². The van der Waals surface area contributed by atoms with Gasteiger partial charge in [-0.1, -0.05) is 37.5 Å².